The first kappa shape index (κ1) is 14.5. The molecule has 108 valence electrons. The van der Waals surface area contributed by atoms with E-state index in [0.29, 0.717) is 16.5 Å². The third kappa shape index (κ3) is 2.81. The number of rotatable bonds is 4. The first-order chi connectivity index (χ1) is 9.40. The summed E-state index contributed by atoms with van der Waals surface area (Å²) in [6.07, 6.45) is -1.10. The molecular weight excluding hydrogens is 264 g/mol. The number of pyridine rings is 1. The molecule has 0 atom stereocenters. The highest BCUT2D eigenvalue weighted by Crippen LogP contribution is 2.26. The number of halogens is 2. The van der Waals surface area contributed by atoms with E-state index in [1.165, 1.54) is 10.8 Å². The van der Waals surface area contributed by atoms with Gasteiger partial charge >= 0.3 is 0 Å². The maximum atomic E-state index is 12.3. The van der Waals surface area contributed by atoms with Crippen LogP contribution in [0.2, 0.25) is 0 Å². The third-order valence-electron chi connectivity index (χ3n) is 3.20. The minimum atomic E-state index is -2.54. The summed E-state index contributed by atoms with van der Waals surface area (Å²) in [5.74, 6) is 0.590. The van der Waals surface area contributed by atoms with E-state index in [-0.39, 0.29) is 11.5 Å². The van der Waals surface area contributed by atoms with Crippen molar-refractivity contribution in [3.8, 4) is 5.75 Å². The quantitative estimate of drug-likeness (QED) is 0.861. The Kier molecular flexibility index (Phi) is 4.06. The zero-order chi connectivity index (χ0) is 14.9. The van der Waals surface area contributed by atoms with Gasteiger partial charge in [0.2, 0.25) is 0 Å². The van der Waals surface area contributed by atoms with Crippen molar-refractivity contribution in [2.24, 2.45) is 7.05 Å². The minimum Gasteiger partial charge on any atom is -0.485 e. The molecule has 0 saturated carbocycles. The monoisotopic (exact) mass is 281 g/mol. The molecule has 0 fully saturated rings. The van der Waals surface area contributed by atoms with Gasteiger partial charge in [0.15, 0.2) is 0 Å². The molecule has 0 N–H and O–H groups in total. The van der Waals surface area contributed by atoms with Crippen LogP contribution in [0.3, 0.4) is 0 Å². The summed E-state index contributed by atoms with van der Waals surface area (Å²) in [5.41, 5.74) is 0.868. The van der Waals surface area contributed by atoms with Gasteiger partial charge in [0.1, 0.15) is 12.4 Å². The van der Waals surface area contributed by atoms with Crippen molar-refractivity contribution in [2.45, 2.75) is 26.2 Å². The Morgan fingerprint density at radius 2 is 1.95 bits per heavy atom. The zero-order valence-electron chi connectivity index (χ0n) is 11.7. The van der Waals surface area contributed by atoms with Crippen LogP contribution in [0.25, 0.3) is 10.8 Å². The molecule has 0 amide bonds. The van der Waals surface area contributed by atoms with E-state index in [2.05, 4.69) is 0 Å². The van der Waals surface area contributed by atoms with E-state index in [0.717, 1.165) is 5.56 Å². The molecule has 0 aliphatic heterocycles. The summed E-state index contributed by atoms with van der Waals surface area (Å²) in [4.78, 5) is 12.2. The number of aryl methyl sites for hydroxylation is 1. The molecule has 0 saturated heterocycles. The van der Waals surface area contributed by atoms with E-state index in [1.54, 1.807) is 19.2 Å². The van der Waals surface area contributed by atoms with Gasteiger partial charge < -0.3 is 9.30 Å². The van der Waals surface area contributed by atoms with E-state index in [9.17, 15) is 13.6 Å². The Bertz CT molecular complexity index is 677. The largest absolute Gasteiger partial charge is 0.485 e. The van der Waals surface area contributed by atoms with Gasteiger partial charge in [-0.15, -0.1) is 0 Å². The molecule has 5 heteroatoms. The second-order valence-corrected chi connectivity index (χ2v) is 5.07. The van der Waals surface area contributed by atoms with Crippen LogP contribution in [0.4, 0.5) is 8.78 Å². The number of fused-ring (bicyclic) bond motifs is 1. The Morgan fingerprint density at radius 1 is 1.25 bits per heavy atom. The predicted molar refractivity (Wildman–Crippen MR) is 74.8 cm³/mol. The lowest BCUT2D eigenvalue weighted by atomic mass is 10.00. The average molecular weight is 281 g/mol. The van der Waals surface area contributed by atoms with Gasteiger partial charge in [-0.3, -0.25) is 4.79 Å². The molecule has 2 rings (SSSR count). The van der Waals surface area contributed by atoms with Crippen molar-refractivity contribution in [3.05, 3.63) is 40.3 Å². The van der Waals surface area contributed by atoms with Gasteiger partial charge in [0.05, 0.1) is 5.39 Å². The lowest BCUT2D eigenvalue weighted by Gasteiger charge is -2.13. The van der Waals surface area contributed by atoms with Crippen LogP contribution in [0.15, 0.2) is 29.2 Å². The number of alkyl halides is 2. The van der Waals surface area contributed by atoms with Gasteiger partial charge in [-0.05, 0) is 17.5 Å². The van der Waals surface area contributed by atoms with E-state index >= 15 is 0 Å². The van der Waals surface area contributed by atoms with Crippen LogP contribution in [-0.2, 0) is 7.05 Å². The van der Waals surface area contributed by atoms with Crippen molar-refractivity contribution >= 4 is 10.8 Å². The minimum absolute atomic E-state index is 0.160. The second kappa shape index (κ2) is 5.61. The molecule has 0 bridgehead atoms. The Morgan fingerprint density at radius 3 is 2.55 bits per heavy atom. The molecule has 3 nitrogen and oxygen atoms in total. The highest BCUT2D eigenvalue weighted by molar-refractivity contribution is 5.88. The maximum absolute atomic E-state index is 12.3. The van der Waals surface area contributed by atoms with Gasteiger partial charge in [-0.1, -0.05) is 26.0 Å². The molecule has 0 unspecified atom stereocenters. The average Bonchev–Trinajstić information content (AvgIpc) is 2.40. The van der Waals surface area contributed by atoms with Crippen LogP contribution in [0, 0.1) is 0 Å². The highest BCUT2D eigenvalue weighted by Gasteiger charge is 2.12. The Hall–Kier alpha value is -1.91. The summed E-state index contributed by atoms with van der Waals surface area (Å²) in [6.45, 7) is 3.38. The predicted octanol–water partition coefficient (Wildman–Crippen LogP) is 3.31. The highest BCUT2D eigenvalue weighted by atomic mass is 19.3. The molecule has 0 spiro atoms. The topological polar surface area (TPSA) is 31.2 Å². The summed E-state index contributed by atoms with van der Waals surface area (Å²) in [6, 6.07) is 5.45. The van der Waals surface area contributed by atoms with E-state index in [4.69, 9.17) is 4.74 Å². The lowest BCUT2D eigenvalue weighted by Crippen LogP contribution is -2.18. The number of benzene rings is 1. The van der Waals surface area contributed by atoms with Crippen LogP contribution in [0.1, 0.15) is 25.3 Å². The standard InChI is InChI=1S/C15H17F2NO2/c1-9(2)10-4-5-11-12(6-10)15(19)18(3)7-13(11)20-8-14(16)17/h4-7,9,14H,8H2,1-3H3. The fraction of sp³-hybridized carbons (Fsp3) is 0.400. The smallest absolute Gasteiger partial charge is 0.272 e. The summed E-state index contributed by atoms with van der Waals surface area (Å²) in [5, 5.41) is 1.06. The molecule has 1 aromatic heterocycles. The molecule has 0 aliphatic rings. The molecule has 20 heavy (non-hydrogen) atoms. The zero-order valence-corrected chi connectivity index (χ0v) is 11.7. The fourth-order valence-corrected chi connectivity index (χ4v) is 2.07. The van der Waals surface area contributed by atoms with Crippen molar-refractivity contribution < 1.29 is 13.5 Å². The molecular formula is C15H17F2NO2. The molecule has 0 aliphatic carbocycles. The van der Waals surface area contributed by atoms with Crippen LogP contribution in [-0.4, -0.2) is 17.6 Å². The number of aromatic nitrogens is 1. The van der Waals surface area contributed by atoms with Crippen LogP contribution < -0.4 is 10.3 Å². The summed E-state index contributed by atoms with van der Waals surface area (Å²) < 4.78 is 31.0. The van der Waals surface area contributed by atoms with Crippen molar-refractivity contribution in [1.82, 2.24) is 4.57 Å². The maximum Gasteiger partial charge on any atom is 0.272 e. The second-order valence-electron chi connectivity index (χ2n) is 5.07. The van der Waals surface area contributed by atoms with Crippen LogP contribution >= 0.6 is 0 Å². The molecule has 1 aromatic carbocycles. The first-order valence-corrected chi connectivity index (χ1v) is 6.44. The fourth-order valence-electron chi connectivity index (χ4n) is 2.07. The van der Waals surface area contributed by atoms with Crippen molar-refractivity contribution in [3.63, 3.8) is 0 Å². The molecule has 1 heterocycles. The third-order valence-corrected chi connectivity index (χ3v) is 3.20. The van der Waals surface area contributed by atoms with Crippen molar-refractivity contribution in [1.29, 1.82) is 0 Å². The number of ether oxygens (including phenoxy) is 1. The number of nitrogens with zero attached hydrogens (tertiary/aromatic N) is 1. The SMILES string of the molecule is CC(C)c1ccc2c(OCC(F)F)cn(C)c(=O)c2c1. The number of hydrogen-bond donors (Lipinski definition) is 0. The van der Waals surface area contributed by atoms with Gasteiger partial charge in [-0.25, -0.2) is 8.78 Å². The van der Waals surface area contributed by atoms with E-state index < -0.39 is 13.0 Å². The van der Waals surface area contributed by atoms with Crippen LogP contribution in [0.5, 0.6) is 5.75 Å². The van der Waals surface area contributed by atoms with Gasteiger partial charge in [0.25, 0.3) is 12.0 Å². The Balaban J connectivity index is 2.60. The summed E-state index contributed by atoms with van der Waals surface area (Å²) in [7, 11) is 1.58. The molecule has 0 radical (unpaired) electrons. The van der Waals surface area contributed by atoms with E-state index in [1.807, 2.05) is 19.9 Å². The van der Waals surface area contributed by atoms with Crippen molar-refractivity contribution in [2.75, 3.05) is 6.61 Å². The van der Waals surface area contributed by atoms with Gasteiger partial charge in [0, 0.05) is 18.6 Å². The number of hydrogen-bond acceptors (Lipinski definition) is 2. The van der Waals surface area contributed by atoms with Gasteiger partial charge in [-0.2, -0.15) is 0 Å². The Labute approximate surface area is 115 Å². The summed E-state index contributed by atoms with van der Waals surface area (Å²) >= 11 is 0. The first-order valence-electron chi connectivity index (χ1n) is 6.44. The molecule has 2 aromatic rings. The lowest BCUT2D eigenvalue weighted by molar-refractivity contribution is 0.0823. The normalized spacial score (nSPS) is 11.6.